The van der Waals surface area contributed by atoms with Crippen molar-refractivity contribution in [3.8, 4) is 0 Å². The number of ether oxygens (including phenoxy) is 1. The molecule has 0 bridgehead atoms. The topological polar surface area (TPSA) is 36.0 Å². The molecule has 0 radical (unpaired) electrons. The van der Waals surface area contributed by atoms with Crippen molar-refractivity contribution in [2.45, 2.75) is 46.3 Å². The molecule has 5 nitrogen and oxygen atoms in total. The van der Waals surface area contributed by atoms with Crippen LogP contribution in [0.25, 0.3) is 0 Å². The average Bonchev–Trinajstić information content (AvgIpc) is 3.09. The first-order chi connectivity index (χ1) is 13.3. The second-order valence-corrected chi connectivity index (χ2v) is 9.08. The molecule has 1 atom stereocenters. The molecule has 2 saturated heterocycles. The number of hydrogen-bond donors (Lipinski definition) is 0. The molecule has 6 heteroatoms. The third kappa shape index (κ3) is 5.16. The van der Waals surface area contributed by atoms with E-state index in [1.165, 1.54) is 16.8 Å². The van der Waals surface area contributed by atoms with Crippen molar-refractivity contribution in [2.75, 3.05) is 50.8 Å². The monoisotopic (exact) mass is 391 g/mol. The number of hydrogen-bond acceptors (Lipinski definition) is 4. The van der Waals surface area contributed by atoms with Crippen LogP contribution < -0.4 is 4.90 Å². The summed E-state index contributed by atoms with van der Waals surface area (Å²) in [5, 5.41) is 0. The van der Waals surface area contributed by atoms with Gasteiger partial charge in [-0.15, -0.1) is 0 Å². The summed E-state index contributed by atoms with van der Waals surface area (Å²) in [6.45, 7) is 13.2. The van der Waals surface area contributed by atoms with Crippen LogP contribution in [-0.4, -0.2) is 67.4 Å². The van der Waals surface area contributed by atoms with Gasteiger partial charge in [-0.2, -0.15) is 0 Å². The van der Waals surface area contributed by atoms with Crippen LogP contribution in [0.1, 0.15) is 38.3 Å². The lowest BCUT2D eigenvalue weighted by Crippen LogP contribution is -2.49. The largest absolute Gasteiger partial charge is 0.444 e. The number of aryl methyl sites for hydroxylation is 1. The molecule has 0 aromatic heterocycles. The Kier molecular flexibility index (Phi) is 6.48. The van der Waals surface area contributed by atoms with E-state index < -0.39 is 5.60 Å². The van der Waals surface area contributed by atoms with E-state index in [4.69, 9.17) is 4.74 Å². The summed E-state index contributed by atoms with van der Waals surface area (Å²) < 4.78 is 18.6. The van der Waals surface area contributed by atoms with Gasteiger partial charge in [0.05, 0.1) is 6.67 Å². The number of amides is 1. The molecular weight excluding hydrogens is 357 g/mol. The Morgan fingerprint density at radius 3 is 2.50 bits per heavy atom. The van der Waals surface area contributed by atoms with Crippen LogP contribution >= 0.6 is 0 Å². The molecule has 2 aliphatic heterocycles. The zero-order valence-corrected chi connectivity index (χ0v) is 17.7. The molecule has 1 aromatic carbocycles. The Labute approximate surface area is 168 Å². The van der Waals surface area contributed by atoms with Crippen molar-refractivity contribution in [3.05, 3.63) is 29.3 Å². The highest BCUT2D eigenvalue weighted by Crippen LogP contribution is 2.31. The van der Waals surface area contributed by atoms with Crippen molar-refractivity contribution < 1.29 is 13.9 Å². The summed E-state index contributed by atoms with van der Waals surface area (Å²) in [4.78, 5) is 18.8. The summed E-state index contributed by atoms with van der Waals surface area (Å²) in [6.07, 6.45) is 0.705. The van der Waals surface area contributed by atoms with Crippen LogP contribution in [0.15, 0.2) is 18.2 Å². The van der Waals surface area contributed by atoms with E-state index in [1.54, 1.807) is 4.90 Å². The van der Waals surface area contributed by atoms with Gasteiger partial charge < -0.3 is 14.5 Å². The minimum Gasteiger partial charge on any atom is -0.444 e. The molecule has 2 aliphatic rings. The fourth-order valence-corrected chi connectivity index (χ4v) is 4.12. The van der Waals surface area contributed by atoms with Gasteiger partial charge in [-0.25, -0.2) is 4.79 Å². The fourth-order valence-electron chi connectivity index (χ4n) is 4.12. The normalized spacial score (nSPS) is 21.2. The van der Waals surface area contributed by atoms with Gasteiger partial charge in [0.15, 0.2) is 0 Å². The van der Waals surface area contributed by atoms with Crippen LogP contribution in [0.5, 0.6) is 0 Å². The van der Waals surface area contributed by atoms with Gasteiger partial charge in [0.25, 0.3) is 0 Å². The lowest BCUT2D eigenvalue weighted by molar-refractivity contribution is 0.0139. The predicted molar refractivity (Wildman–Crippen MR) is 111 cm³/mol. The average molecular weight is 392 g/mol. The van der Waals surface area contributed by atoms with E-state index in [9.17, 15) is 9.18 Å². The molecule has 0 saturated carbocycles. The van der Waals surface area contributed by atoms with Gasteiger partial charge in [0, 0.05) is 57.4 Å². The number of anilines is 1. The predicted octanol–water partition coefficient (Wildman–Crippen LogP) is 3.84. The zero-order valence-electron chi connectivity index (χ0n) is 17.7. The van der Waals surface area contributed by atoms with Crippen molar-refractivity contribution in [1.29, 1.82) is 0 Å². The summed E-state index contributed by atoms with van der Waals surface area (Å²) in [7, 11) is 0. The van der Waals surface area contributed by atoms with E-state index in [0.717, 1.165) is 39.1 Å². The third-order valence-electron chi connectivity index (χ3n) is 5.56. The van der Waals surface area contributed by atoms with Crippen molar-refractivity contribution in [3.63, 3.8) is 0 Å². The molecule has 2 heterocycles. The molecule has 1 aromatic rings. The van der Waals surface area contributed by atoms with Crippen LogP contribution in [-0.2, 0) is 11.3 Å². The first-order valence-electron chi connectivity index (χ1n) is 10.4. The van der Waals surface area contributed by atoms with Gasteiger partial charge in [-0.1, -0.05) is 18.2 Å². The van der Waals surface area contributed by atoms with Crippen molar-refractivity contribution in [2.24, 2.45) is 5.92 Å². The number of benzene rings is 1. The molecular formula is C22H34FN3O2. The van der Waals surface area contributed by atoms with E-state index in [0.29, 0.717) is 13.1 Å². The molecule has 0 N–H and O–H groups in total. The number of carbonyl (C=O) groups excluding carboxylic acids is 1. The molecule has 2 fully saturated rings. The van der Waals surface area contributed by atoms with Crippen molar-refractivity contribution in [1.82, 2.24) is 9.80 Å². The Morgan fingerprint density at radius 1 is 1.18 bits per heavy atom. The first-order valence-corrected chi connectivity index (χ1v) is 10.4. The van der Waals surface area contributed by atoms with E-state index in [-0.39, 0.29) is 18.7 Å². The molecule has 0 spiro atoms. The minimum absolute atomic E-state index is 0.157. The molecule has 0 aliphatic carbocycles. The fraction of sp³-hybridized carbons (Fsp3) is 0.682. The quantitative estimate of drug-likeness (QED) is 0.781. The molecule has 156 valence electrons. The second-order valence-electron chi connectivity index (χ2n) is 9.08. The SMILES string of the molecule is Cc1cccc(CN2CCN(C(=O)OC(C)(C)C)CC2)c1N1CC[C@H](CF)C1. The summed E-state index contributed by atoms with van der Waals surface area (Å²) in [6, 6.07) is 6.43. The highest BCUT2D eigenvalue weighted by molar-refractivity contribution is 5.68. The lowest BCUT2D eigenvalue weighted by atomic mass is 10.1. The Hall–Kier alpha value is -1.82. The van der Waals surface area contributed by atoms with Gasteiger partial charge in [-0.3, -0.25) is 9.29 Å². The highest BCUT2D eigenvalue weighted by atomic mass is 19.1. The number of alkyl halides is 1. The minimum atomic E-state index is -0.460. The molecule has 3 rings (SSSR count). The van der Waals surface area contributed by atoms with E-state index in [1.807, 2.05) is 20.8 Å². The number of nitrogens with zero attached hydrogens (tertiary/aromatic N) is 3. The van der Waals surface area contributed by atoms with Crippen LogP contribution in [0.2, 0.25) is 0 Å². The molecule has 28 heavy (non-hydrogen) atoms. The molecule has 1 amide bonds. The van der Waals surface area contributed by atoms with Gasteiger partial charge in [-0.05, 0) is 45.2 Å². The number of halogens is 1. The van der Waals surface area contributed by atoms with Crippen LogP contribution in [0, 0.1) is 12.8 Å². The number of para-hydroxylation sites is 1. The summed E-state index contributed by atoms with van der Waals surface area (Å²) in [5.74, 6) is 0.157. The smallest absolute Gasteiger partial charge is 0.410 e. The first kappa shape index (κ1) is 20.9. The Morgan fingerprint density at radius 2 is 1.89 bits per heavy atom. The van der Waals surface area contributed by atoms with Crippen LogP contribution in [0.4, 0.5) is 14.9 Å². The van der Waals surface area contributed by atoms with Crippen molar-refractivity contribution >= 4 is 11.8 Å². The van der Waals surface area contributed by atoms with Crippen LogP contribution in [0.3, 0.4) is 0 Å². The highest BCUT2D eigenvalue weighted by Gasteiger charge is 2.28. The third-order valence-corrected chi connectivity index (χ3v) is 5.56. The maximum absolute atomic E-state index is 13.1. The van der Waals surface area contributed by atoms with Gasteiger partial charge in [0.1, 0.15) is 5.60 Å². The van der Waals surface area contributed by atoms with E-state index in [2.05, 4.69) is 34.9 Å². The maximum atomic E-state index is 13.1. The second kappa shape index (κ2) is 8.68. The van der Waals surface area contributed by atoms with Gasteiger partial charge >= 0.3 is 6.09 Å². The number of piperazine rings is 1. The Balaban J connectivity index is 1.61. The standard InChI is InChI=1S/C22H34FN3O2/c1-17-6-5-7-19(20(17)26-9-8-18(14-23)15-26)16-24-10-12-25(13-11-24)21(27)28-22(2,3)4/h5-7,18H,8-16H2,1-4H3/t18-/m1/s1. The number of rotatable bonds is 4. The summed E-state index contributed by atoms with van der Waals surface area (Å²) >= 11 is 0. The van der Waals surface area contributed by atoms with E-state index >= 15 is 0 Å². The zero-order chi connectivity index (χ0) is 20.3. The lowest BCUT2D eigenvalue weighted by Gasteiger charge is -2.36. The number of carbonyl (C=O) groups is 1. The maximum Gasteiger partial charge on any atom is 0.410 e. The molecule has 0 unspecified atom stereocenters. The Bertz CT molecular complexity index is 681. The van der Waals surface area contributed by atoms with Gasteiger partial charge in [0.2, 0.25) is 0 Å². The summed E-state index contributed by atoms with van der Waals surface area (Å²) in [5.41, 5.74) is 3.36.